The Hall–Kier alpha value is -1.46. The molecule has 0 aliphatic heterocycles. The lowest BCUT2D eigenvalue weighted by molar-refractivity contribution is 0.102. The van der Waals surface area contributed by atoms with Crippen molar-refractivity contribution < 1.29 is 9.18 Å². The number of carbonyl (C=O) groups excluding carboxylic acids is 1. The first-order valence-electron chi connectivity index (χ1n) is 4.31. The average molecular weight is 257 g/mol. The minimum absolute atomic E-state index is 0.230. The molecule has 1 aromatic heterocycles. The maximum atomic E-state index is 13.0. The Morgan fingerprint density at radius 2 is 2.25 bits per heavy atom. The number of hydrogen-bond acceptors (Lipinski definition) is 3. The van der Waals surface area contributed by atoms with Gasteiger partial charge in [0, 0.05) is 16.1 Å². The average Bonchev–Trinajstić information content (AvgIpc) is 2.68. The second kappa shape index (κ2) is 4.59. The molecule has 0 unspecified atom stereocenters. The van der Waals surface area contributed by atoms with E-state index in [0.29, 0.717) is 11.4 Å². The standard InChI is InChI=1S/C10H6ClFN2OS/c11-6-1-7(12)3-8(2-6)14-10(15)9-4-16-5-13-9/h1-5H,(H,14,15). The number of thiazole rings is 1. The molecule has 1 N–H and O–H groups in total. The molecule has 82 valence electrons. The summed E-state index contributed by atoms with van der Waals surface area (Å²) in [4.78, 5) is 15.4. The molecule has 0 aliphatic carbocycles. The molecule has 16 heavy (non-hydrogen) atoms. The van der Waals surface area contributed by atoms with Gasteiger partial charge in [0.1, 0.15) is 11.5 Å². The van der Waals surface area contributed by atoms with Crippen LogP contribution in [0, 0.1) is 5.82 Å². The number of rotatable bonds is 2. The molecule has 1 aromatic carbocycles. The van der Waals surface area contributed by atoms with Crippen molar-refractivity contribution in [2.45, 2.75) is 0 Å². The third-order valence-corrected chi connectivity index (χ3v) is 2.59. The molecule has 0 bridgehead atoms. The van der Waals surface area contributed by atoms with E-state index < -0.39 is 5.82 Å². The topological polar surface area (TPSA) is 42.0 Å². The van der Waals surface area contributed by atoms with E-state index in [1.54, 1.807) is 10.9 Å². The Bertz CT molecular complexity index is 495. The van der Waals surface area contributed by atoms with Crippen molar-refractivity contribution >= 4 is 34.5 Å². The molecule has 0 saturated heterocycles. The highest BCUT2D eigenvalue weighted by Crippen LogP contribution is 2.18. The summed E-state index contributed by atoms with van der Waals surface area (Å²) < 4.78 is 13.0. The minimum atomic E-state index is -0.499. The number of amides is 1. The molecular formula is C10H6ClFN2OS. The van der Waals surface area contributed by atoms with E-state index in [1.807, 2.05) is 0 Å². The zero-order valence-corrected chi connectivity index (χ0v) is 9.48. The van der Waals surface area contributed by atoms with Gasteiger partial charge >= 0.3 is 0 Å². The maximum Gasteiger partial charge on any atom is 0.275 e. The van der Waals surface area contributed by atoms with Crippen LogP contribution in [0.25, 0.3) is 0 Å². The molecule has 2 rings (SSSR count). The van der Waals surface area contributed by atoms with Gasteiger partial charge in [0.2, 0.25) is 0 Å². The fourth-order valence-corrected chi connectivity index (χ4v) is 1.90. The number of nitrogens with zero attached hydrogens (tertiary/aromatic N) is 1. The van der Waals surface area contributed by atoms with Gasteiger partial charge in [-0.15, -0.1) is 11.3 Å². The van der Waals surface area contributed by atoms with Crippen LogP contribution in [0.5, 0.6) is 0 Å². The van der Waals surface area contributed by atoms with Crippen LogP contribution in [0.15, 0.2) is 29.1 Å². The van der Waals surface area contributed by atoms with Gasteiger partial charge < -0.3 is 5.32 Å². The maximum absolute atomic E-state index is 13.0. The highest BCUT2D eigenvalue weighted by atomic mass is 35.5. The Morgan fingerprint density at radius 3 is 2.88 bits per heavy atom. The van der Waals surface area contributed by atoms with E-state index >= 15 is 0 Å². The zero-order chi connectivity index (χ0) is 11.5. The van der Waals surface area contributed by atoms with E-state index in [0.717, 1.165) is 0 Å². The van der Waals surface area contributed by atoms with Crippen LogP contribution in [-0.4, -0.2) is 10.9 Å². The number of halogens is 2. The Balaban J connectivity index is 2.18. The predicted molar refractivity (Wildman–Crippen MR) is 61.5 cm³/mol. The highest BCUT2D eigenvalue weighted by molar-refractivity contribution is 7.07. The molecule has 3 nitrogen and oxygen atoms in total. The van der Waals surface area contributed by atoms with Gasteiger partial charge in [-0.3, -0.25) is 4.79 Å². The third kappa shape index (κ3) is 2.56. The molecule has 0 fully saturated rings. The third-order valence-electron chi connectivity index (χ3n) is 1.79. The molecule has 2 aromatic rings. The fraction of sp³-hybridized carbons (Fsp3) is 0. The van der Waals surface area contributed by atoms with E-state index in [9.17, 15) is 9.18 Å². The predicted octanol–water partition coefficient (Wildman–Crippen LogP) is 3.19. The van der Waals surface area contributed by atoms with Gasteiger partial charge in [-0.1, -0.05) is 11.6 Å². The van der Waals surface area contributed by atoms with E-state index in [4.69, 9.17) is 11.6 Å². The second-order valence-corrected chi connectivity index (χ2v) is 4.14. The Morgan fingerprint density at radius 1 is 1.44 bits per heavy atom. The normalized spacial score (nSPS) is 10.1. The Kier molecular flexibility index (Phi) is 3.17. The summed E-state index contributed by atoms with van der Waals surface area (Å²) in [5.41, 5.74) is 2.15. The van der Waals surface area contributed by atoms with Crippen LogP contribution in [0.3, 0.4) is 0 Å². The summed E-state index contributed by atoms with van der Waals surface area (Å²) in [6.07, 6.45) is 0. The fourth-order valence-electron chi connectivity index (χ4n) is 1.15. The number of benzene rings is 1. The molecule has 6 heteroatoms. The van der Waals surface area contributed by atoms with Crippen LogP contribution in [-0.2, 0) is 0 Å². The van der Waals surface area contributed by atoms with E-state index in [-0.39, 0.29) is 10.9 Å². The molecule has 0 saturated carbocycles. The van der Waals surface area contributed by atoms with Crippen molar-refractivity contribution in [3.05, 3.63) is 45.6 Å². The minimum Gasteiger partial charge on any atom is -0.320 e. The van der Waals surface area contributed by atoms with Crippen molar-refractivity contribution in [3.8, 4) is 0 Å². The number of nitrogens with one attached hydrogen (secondary N) is 1. The smallest absolute Gasteiger partial charge is 0.275 e. The molecule has 0 radical (unpaired) electrons. The monoisotopic (exact) mass is 256 g/mol. The van der Waals surface area contributed by atoms with Crippen molar-refractivity contribution in [2.75, 3.05) is 5.32 Å². The summed E-state index contributed by atoms with van der Waals surface area (Å²) in [7, 11) is 0. The zero-order valence-electron chi connectivity index (χ0n) is 7.91. The van der Waals surface area contributed by atoms with Crippen LogP contribution in [0.4, 0.5) is 10.1 Å². The SMILES string of the molecule is O=C(Nc1cc(F)cc(Cl)c1)c1cscn1. The first-order valence-corrected chi connectivity index (χ1v) is 5.63. The summed E-state index contributed by atoms with van der Waals surface area (Å²) in [6, 6.07) is 3.82. The molecule has 0 spiro atoms. The lowest BCUT2D eigenvalue weighted by atomic mass is 10.3. The van der Waals surface area contributed by atoms with Crippen LogP contribution >= 0.6 is 22.9 Å². The number of aromatic nitrogens is 1. The van der Waals surface area contributed by atoms with Crippen LogP contribution in [0.2, 0.25) is 5.02 Å². The van der Waals surface area contributed by atoms with Crippen LogP contribution in [0.1, 0.15) is 10.5 Å². The summed E-state index contributed by atoms with van der Waals surface area (Å²) in [5.74, 6) is -0.885. The lowest BCUT2D eigenvalue weighted by Crippen LogP contribution is -2.12. The van der Waals surface area contributed by atoms with Crippen molar-refractivity contribution in [3.63, 3.8) is 0 Å². The quantitative estimate of drug-likeness (QED) is 0.897. The van der Waals surface area contributed by atoms with Gasteiger partial charge in [-0.25, -0.2) is 9.37 Å². The highest BCUT2D eigenvalue weighted by Gasteiger charge is 2.08. The number of hydrogen-bond donors (Lipinski definition) is 1. The largest absolute Gasteiger partial charge is 0.320 e. The Labute approximate surface area is 99.9 Å². The second-order valence-electron chi connectivity index (χ2n) is 2.99. The van der Waals surface area contributed by atoms with Gasteiger partial charge in [-0.2, -0.15) is 0 Å². The van der Waals surface area contributed by atoms with Gasteiger partial charge in [0.05, 0.1) is 5.51 Å². The molecular weight excluding hydrogens is 251 g/mol. The first-order chi connectivity index (χ1) is 7.65. The summed E-state index contributed by atoms with van der Waals surface area (Å²) >= 11 is 6.97. The molecule has 0 atom stereocenters. The van der Waals surface area contributed by atoms with Gasteiger partial charge in [0.15, 0.2) is 0 Å². The van der Waals surface area contributed by atoms with E-state index in [2.05, 4.69) is 10.3 Å². The first kappa shape index (κ1) is 11.0. The van der Waals surface area contributed by atoms with Crippen molar-refractivity contribution in [2.24, 2.45) is 0 Å². The van der Waals surface area contributed by atoms with E-state index in [1.165, 1.54) is 29.5 Å². The van der Waals surface area contributed by atoms with Crippen molar-refractivity contribution in [1.29, 1.82) is 0 Å². The summed E-state index contributed by atoms with van der Waals surface area (Å²) in [5, 5.41) is 4.34. The molecule has 0 aliphatic rings. The lowest BCUT2D eigenvalue weighted by Gasteiger charge is -2.03. The van der Waals surface area contributed by atoms with Gasteiger partial charge in [0.25, 0.3) is 5.91 Å². The molecule has 1 amide bonds. The van der Waals surface area contributed by atoms with Crippen molar-refractivity contribution in [1.82, 2.24) is 4.98 Å². The van der Waals surface area contributed by atoms with Crippen LogP contribution < -0.4 is 5.32 Å². The molecule has 1 heterocycles. The number of carbonyl (C=O) groups is 1. The summed E-state index contributed by atoms with van der Waals surface area (Å²) in [6.45, 7) is 0. The van der Waals surface area contributed by atoms with Gasteiger partial charge in [-0.05, 0) is 18.2 Å². The number of anilines is 1.